The lowest BCUT2D eigenvalue weighted by atomic mass is 9.73. The molecule has 0 spiro atoms. The quantitative estimate of drug-likeness (QED) is 0.842. The highest BCUT2D eigenvalue weighted by atomic mass is 16.5. The summed E-state index contributed by atoms with van der Waals surface area (Å²) in [6, 6.07) is 7.38. The van der Waals surface area contributed by atoms with Crippen molar-refractivity contribution >= 4 is 5.91 Å². The molecule has 0 aliphatic carbocycles. The van der Waals surface area contributed by atoms with Gasteiger partial charge in [0.1, 0.15) is 5.76 Å². The highest BCUT2D eigenvalue weighted by molar-refractivity contribution is 5.95. The summed E-state index contributed by atoms with van der Waals surface area (Å²) in [6.07, 6.45) is 6.20. The molecule has 2 aromatic rings. The van der Waals surface area contributed by atoms with Gasteiger partial charge in [-0.15, -0.1) is 0 Å². The molecule has 26 heavy (non-hydrogen) atoms. The van der Waals surface area contributed by atoms with Gasteiger partial charge in [-0.3, -0.25) is 4.79 Å². The van der Waals surface area contributed by atoms with Gasteiger partial charge in [0.05, 0.1) is 24.5 Å². The minimum Gasteiger partial charge on any atom is -0.477 e. The molecule has 4 heterocycles. The van der Waals surface area contributed by atoms with Crippen LogP contribution in [0, 0.1) is 12.3 Å². The molecule has 0 unspecified atom stereocenters. The lowest BCUT2D eigenvalue weighted by Gasteiger charge is -2.50. The van der Waals surface area contributed by atoms with Gasteiger partial charge in [-0.1, -0.05) is 6.07 Å². The van der Waals surface area contributed by atoms with Gasteiger partial charge in [-0.2, -0.15) is 0 Å². The Labute approximate surface area is 153 Å². The number of nitrogens with zero attached hydrogens (tertiary/aromatic N) is 2. The van der Waals surface area contributed by atoms with Crippen molar-refractivity contribution in [3.8, 4) is 5.88 Å². The van der Waals surface area contributed by atoms with Crippen LogP contribution < -0.4 is 4.74 Å². The maximum Gasteiger partial charge on any atom is 0.257 e. The van der Waals surface area contributed by atoms with Crippen molar-refractivity contribution in [1.29, 1.82) is 0 Å². The third-order valence-corrected chi connectivity index (χ3v) is 5.51. The molecule has 2 fully saturated rings. The molecule has 2 saturated heterocycles. The van der Waals surface area contributed by atoms with Gasteiger partial charge in [-0.05, 0) is 38.3 Å². The van der Waals surface area contributed by atoms with Crippen molar-refractivity contribution < 1.29 is 18.7 Å². The third-order valence-electron chi connectivity index (χ3n) is 5.51. The number of piperidine rings is 1. The second-order valence-electron chi connectivity index (χ2n) is 7.19. The number of aromatic nitrogens is 1. The Morgan fingerprint density at radius 2 is 2.35 bits per heavy atom. The summed E-state index contributed by atoms with van der Waals surface area (Å²) in [5.41, 5.74) is 0.447. The first kappa shape index (κ1) is 17.1. The fraction of sp³-hybridized carbons (Fsp3) is 0.500. The molecule has 2 aromatic heterocycles. The molecule has 2 atom stereocenters. The van der Waals surface area contributed by atoms with Crippen LogP contribution in [0.15, 0.2) is 41.1 Å². The number of likely N-dealkylation sites (tertiary alicyclic amines) is 1. The Morgan fingerprint density at radius 3 is 3.12 bits per heavy atom. The maximum atomic E-state index is 12.9. The van der Waals surface area contributed by atoms with Crippen LogP contribution in [0.5, 0.6) is 5.88 Å². The number of aryl methyl sites for hydroxylation is 1. The van der Waals surface area contributed by atoms with Crippen LogP contribution in [-0.4, -0.2) is 48.2 Å². The number of pyridine rings is 1. The highest BCUT2D eigenvalue weighted by Gasteiger charge is 2.48. The molecule has 0 N–H and O–H groups in total. The van der Waals surface area contributed by atoms with E-state index in [1.165, 1.54) is 0 Å². The van der Waals surface area contributed by atoms with Crippen molar-refractivity contribution in [1.82, 2.24) is 9.88 Å². The zero-order valence-electron chi connectivity index (χ0n) is 15.0. The van der Waals surface area contributed by atoms with Crippen molar-refractivity contribution in [2.75, 3.05) is 26.3 Å². The molecule has 0 saturated carbocycles. The Morgan fingerprint density at radius 1 is 1.42 bits per heavy atom. The number of carbonyl (C=O) groups is 1. The average molecular weight is 356 g/mol. The topological polar surface area (TPSA) is 64.8 Å². The number of rotatable bonds is 4. The third kappa shape index (κ3) is 3.21. The molecule has 2 aliphatic heterocycles. The maximum absolute atomic E-state index is 12.9. The van der Waals surface area contributed by atoms with Gasteiger partial charge < -0.3 is 18.8 Å². The van der Waals surface area contributed by atoms with E-state index in [9.17, 15) is 4.79 Å². The predicted octanol–water partition coefficient (Wildman–Crippen LogP) is 3.07. The van der Waals surface area contributed by atoms with Crippen molar-refractivity contribution in [3.63, 3.8) is 0 Å². The lowest BCUT2D eigenvalue weighted by Crippen LogP contribution is -2.58. The molecule has 138 valence electrons. The van der Waals surface area contributed by atoms with Crippen LogP contribution >= 0.6 is 0 Å². The highest BCUT2D eigenvalue weighted by Crippen LogP contribution is 2.41. The summed E-state index contributed by atoms with van der Waals surface area (Å²) in [6.45, 7) is 4.44. The molecule has 6 heteroatoms. The number of carbonyl (C=O) groups excluding carboxylic acids is 1. The van der Waals surface area contributed by atoms with E-state index in [2.05, 4.69) is 4.98 Å². The second kappa shape index (κ2) is 7.11. The molecule has 4 rings (SSSR count). The summed E-state index contributed by atoms with van der Waals surface area (Å²) in [4.78, 5) is 19.1. The summed E-state index contributed by atoms with van der Waals surface area (Å²) < 4.78 is 17.4. The predicted molar refractivity (Wildman–Crippen MR) is 95.1 cm³/mol. The van der Waals surface area contributed by atoms with E-state index < -0.39 is 0 Å². The van der Waals surface area contributed by atoms with Crippen LogP contribution in [0.2, 0.25) is 0 Å². The van der Waals surface area contributed by atoms with E-state index in [-0.39, 0.29) is 17.4 Å². The lowest BCUT2D eigenvalue weighted by molar-refractivity contribution is -0.133. The number of ether oxygens (including phenoxy) is 2. The molecule has 2 aliphatic rings. The minimum absolute atomic E-state index is 0.0254. The Bertz CT molecular complexity index is 760. The van der Waals surface area contributed by atoms with E-state index >= 15 is 0 Å². The number of fused-ring (bicyclic) bond motifs is 1. The van der Waals surface area contributed by atoms with Crippen LogP contribution in [0.1, 0.15) is 35.4 Å². The van der Waals surface area contributed by atoms with Crippen LogP contribution in [0.25, 0.3) is 0 Å². The molecule has 6 nitrogen and oxygen atoms in total. The van der Waals surface area contributed by atoms with Gasteiger partial charge in [0.15, 0.2) is 0 Å². The fourth-order valence-corrected chi connectivity index (χ4v) is 4.10. The van der Waals surface area contributed by atoms with Gasteiger partial charge in [0, 0.05) is 37.4 Å². The fourth-order valence-electron chi connectivity index (χ4n) is 4.10. The minimum atomic E-state index is -0.193. The SMILES string of the molecule is Cc1occc1C(=O)N1CC[C@@H]2OCCC[C@]2(COc2ccccn2)C1. The molecule has 0 bridgehead atoms. The molecule has 1 amide bonds. The van der Waals surface area contributed by atoms with Crippen LogP contribution in [0.4, 0.5) is 0 Å². The summed E-state index contributed by atoms with van der Waals surface area (Å²) in [7, 11) is 0. The Hall–Kier alpha value is -2.34. The number of furan rings is 1. The van der Waals surface area contributed by atoms with Crippen molar-refractivity contribution in [3.05, 3.63) is 48.0 Å². The van der Waals surface area contributed by atoms with E-state index in [1.807, 2.05) is 30.0 Å². The molecular formula is C20H24N2O4. The Balaban J connectivity index is 1.53. The Kier molecular flexibility index (Phi) is 4.68. The summed E-state index contributed by atoms with van der Waals surface area (Å²) in [5, 5.41) is 0. The zero-order valence-corrected chi connectivity index (χ0v) is 15.0. The average Bonchev–Trinajstić information content (AvgIpc) is 3.12. The largest absolute Gasteiger partial charge is 0.477 e. The van der Waals surface area contributed by atoms with Crippen LogP contribution in [-0.2, 0) is 4.74 Å². The second-order valence-corrected chi connectivity index (χ2v) is 7.19. The first-order valence-corrected chi connectivity index (χ1v) is 9.17. The van der Waals surface area contributed by atoms with E-state index in [0.29, 0.717) is 36.9 Å². The smallest absolute Gasteiger partial charge is 0.257 e. The number of amides is 1. The van der Waals surface area contributed by atoms with Gasteiger partial charge in [-0.25, -0.2) is 4.98 Å². The van der Waals surface area contributed by atoms with Crippen molar-refractivity contribution in [2.45, 2.75) is 32.3 Å². The summed E-state index contributed by atoms with van der Waals surface area (Å²) in [5.74, 6) is 1.30. The number of hydrogen-bond acceptors (Lipinski definition) is 5. The van der Waals surface area contributed by atoms with E-state index in [1.54, 1.807) is 18.5 Å². The molecule has 0 aromatic carbocycles. The van der Waals surface area contributed by atoms with Crippen molar-refractivity contribution in [2.24, 2.45) is 5.41 Å². The monoisotopic (exact) mass is 356 g/mol. The molecule has 0 radical (unpaired) electrons. The zero-order chi connectivity index (χ0) is 18.0. The first-order chi connectivity index (χ1) is 12.7. The summed E-state index contributed by atoms with van der Waals surface area (Å²) >= 11 is 0. The van der Waals surface area contributed by atoms with Gasteiger partial charge in [0.25, 0.3) is 5.91 Å². The van der Waals surface area contributed by atoms with E-state index in [4.69, 9.17) is 13.9 Å². The normalized spacial score (nSPS) is 25.6. The van der Waals surface area contributed by atoms with Gasteiger partial charge in [0.2, 0.25) is 5.88 Å². The molecular weight excluding hydrogens is 332 g/mol. The van der Waals surface area contributed by atoms with E-state index in [0.717, 1.165) is 25.9 Å². The standard InChI is InChI=1S/C20H24N2O4/c1-15-16(7-12-24-15)19(23)22-10-6-17-20(13-22,8-4-11-25-17)14-26-18-5-2-3-9-21-18/h2-3,5,7,9,12,17H,4,6,8,10-11,13-14H2,1H3/t17-,20+/m0/s1. The van der Waals surface area contributed by atoms with Crippen LogP contribution in [0.3, 0.4) is 0 Å². The first-order valence-electron chi connectivity index (χ1n) is 9.17. The number of hydrogen-bond donors (Lipinski definition) is 0. The van der Waals surface area contributed by atoms with Gasteiger partial charge >= 0.3 is 0 Å².